The second kappa shape index (κ2) is 5.22. The monoisotopic (exact) mass is 448 g/mol. The Morgan fingerprint density at radius 1 is 1.29 bits per heavy atom. The van der Waals surface area contributed by atoms with Gasteiger partial charge in [-0.1, -0.05) is 0 Å². The molecule has 0 spiro atoms. The van der Waals surface area contributed by atoms with Crippen molar-refractivity contribution in [1.82, 2.24) is 0 Å². The van der Waals surface area contributed by atoms with Gasteiger partial charge in [0.15, 0.2) is 0 Å². The number of hydrogen-bond donors (Lipinski definition) is 0. The van der Waals surface area contributed by atoms with E-state index in [1.807, 2.05) is 0 Å². The number of hydrogen-bond acceptors (Lipinski definition) is 0. The van der Waals surface area contributed by atoms with Crippen molar-refractivity contribution >= 4 is 60.1 Å². The molecular formula is C10H16Br2GeSe. The van der Waals surface area contributed by atoms with Crippen molar-refractivity contribution in [2.75, 3.05) is 0 Å². The van der Waals surface area contributed by atoms with E-state index in [4.69, 9.17) is 0 Å². The molecule has 0 fully saturated rings. The Hall–Kier alpha value is 1.50. The van der Waals surface area contributed by atoms with E-state index in [0.29, 0.717) is 15.0 Å². The fraction of sp³-hybridized carbons (Fsp3) is 0.600. The molecule has 80 valence electrons. The Bertz CT molecular complexity index is 274. The van der Waals surface area contributed by atoms with Gasteiger partial charge in [-0.3, -0.25) is 0 Å². The van der Waals surface area contributed by atoms with Gasteiger partial charge in [-0.2, -0.15) is 0 Å². The van der Waals surface area contributed by atoms with Crippen molar-refractivity contribution in [2.24, 2.45) is 0 Å². The molecule has 0 aromatic rings. The second-order valence-corrected chi connectivity index (χ2v) is 21.4. The van der Waals surface area contributed by atoms with E-state index in [0.717, 1.165) is 9.50 Å². The van der Waals surface area contributed by atoms with Gasteiger partial charge in [0.05, 0.1) is 0 Å². The van der Waals surface area contributed by atoms with Crippen LogP contribution >= 0.6 is 31.9 Å². The molecule has 0 aliphatic carbocycles. The number of rotatable bonds is 2. The molecule has 0 atom stereocenters. The molecule has 0 saturated heterocycles. The van der Waals surface area contributed by atoms with Crippen molar-refractivity contribution in [2.45, 2.75) is 37.2 Å². The van der Waals surface area contributed by atoms with E-state index < -0.39 is 13.3 Å². The minimum atomic E-state index is -1.97. The first-order valence-electron chi connectivity index (χ1n) is 4.81. The van der Waals surface area contributed by atoms with Crippen molar-refractivity contribution in [1.29, 1.82) is 0 Å². The first-order valence-corrected chi connectivity index (χ1v) is 12.9. The molecule has 1 heterocycles. The molecule has 0 unspecified atom stereocenters. The summed E-state index contributed by atoms with van der Waals surface area (Å²) in [5.41, 5.74) is 0. The van der Waals surface area contributed by atoms with Crippen LogP contribution in [0.1, 0.15) is 27.7 Å². The van der Waals surface area contributed by atoms with Gasteiger partial charge in [0.25, 0.3) is 0 Å². The molecular weight excluding hydrogens is 431 g/mol. The van der Waals surface area contributed by atoms with Crippen LogP contribution in [-0.4, -0.2) is 28.2 Å². The van der Waals surface area contributed by atoms with Crippen LogP contribution in [-0.2, 0) is 0 Å². The first kappa shape index (κ1) is 13.6. The fourth-order valence-electron chi connectivity index (χ4n) is 2.33. The van der Waals surface area contributed by atoms with Crippen molar-refractivity contribution in [3.8, 4) is 0 Å². The third-order valence-corrected chi connectivity index (χ3v) is 28.4. The van der Waals surface area contributed by atoms with Crippen LogP contribution in [0.2, 0.25) is 9.50 Å². The summed E-state index contributed by atoms with van der Waals surface area (Å²) in [4.78, 5) is 4.66. The molecule has 0 amide bonds. The molecule has 0 aromatic carbocycles. The van der Waals surface area contributed by atoms with Crippen molar-refractivity contribution in [3.05, 3.63) is 16.6 Å². The molecule has 1 aliphatic rings. The van der Waals surface area contributed by atoms with Gasteiger partial charge >= 0.3 is 114 Å². The van der Waals surface area contributed by atoms with Gasteiger partial charge in [-0.15, -0.1) is 0 Å². The molecule has 0 nitrogen and oxygen atoms in total. The van der Waals surface area contributed by atoms with Crippen LogP contribution in [0.15, 0.2) is 16.6 Å². The zero-order chi connectivity index (χ0) is 10.9. The first-order chi connectivity index (χ1) is 6.47. The average molecular weight is 448 g/mol. The van der Waals surface area contributed by atoms with E-state index in [1.165, 1.54) is 0 Å². The molecule has 0 bridgehead atoms. The Morgan fingerprint density at radius 2 is 1.79 bits per heavy atom. The summed E-state index contributed by atoms with van der Waals surface area (Å²) in [5, 5.41) is 0. The third kappa shape index (κ3) is 2.00. The molecule has 1 rings (SSSR count). The Labute approximate surface area is 113 Å². The van der Waals surface area contributed by atoms with Crippen LogP contribution < -0.4 is 0 Å². The second-order valence-electron chi connectivity index (χ2n) is 4.24. The zero-order valence-corrected chi connectivity index (χ0v) is 16.0. The van der Waals surface area contributed by atoms with Crippen molar-refractivity contribution < 1.29 is 0 Å². The van der Waals surface area contributed by atoms with Crippen LogP contribution in [0.3, 0.4) is 0 Å². The van der Waals surface area contributed by atoms with Gasteiger partial charge in [-0.25, -0.2) is 0 Å². The fourth-order valence-corrected chi connectivity index (χ4v) is 34.4. The summed E-state index contributed by atoms with van der Waals surface area (Å²) in [6, 6.07) is 0. The maximum absolute atomic E-state index is 3.84. The van der Waals surface area contributed by atoms with Crippen LogP contribution in [0.4, 0.5) is 0 Å². The topological polar surface area (TPSA) is 0 Å². The summed E-state index contributed by atoms with van der Waals surface area (Å²) < 4.78 is 4.98. The van der Waals surface area contributed by atoms with Gasteiger partial charge in [-0.05, 0) is 0 Å². The maximum atomic E-state index is 3.84. The van der Waals surface area contributed by atoms with E-state index in [-0.39, 0.29) is 0 Å². The molecule has 0 N–H and O–H groups in total. The summed E-state index contributed by atoms with van der Waals surface area (Å²) in [6.07, 6.45) is 0. The van der Waals surface area contributed by atoms with E-state index >= 15 is 0 Å². The van der Waals surface area contributed by atoms with Crippen LogP contribution in [0.25, 0.3) is 0 Å². The summed E-state index contributed by atoms with van der Waals surface area (Å²) >= 11 is 6.03. The summed E-state index contributed by atoms with van der Waals surface area (Å²) in [7, 11) is 0. The van der Waals surface area contributed by atoms with E-state index in [1.54, 1.807) is 6.62 Å². The number of halogens is 2. The normalized spacial score (nSPS) is 23.7. The van der Waals surface area contributed by atoms with Gasteiger partial charge in [0, 0.05) is 0 Å². The van der Waals surface area contributed by atoms with Gasteiger partial charge in [0.2, 0.25) is 0 Å². The molecule has 0 saturated carbocycles. The van der Waals surface area contributed by atoms with Gasteiger partial charge in [0.1, 0.15) is 0 Å². The third-order valence-electron chi connectivity index (χ3n) is 3.01. The van der Waals surface area contributed by atoms with Crippen LogP contribution in [0.5, 0.6) is 0 Å². The minimum absolute atomic E-state index is 0.594. The predicted octanol–water partition coefficient (Wildman–Crippen LogP) is 4.52. The van der Waals surface area contributed by atoms with Gasteiger partial charge < -0.3 is 0 Å². The Kier molecular flexibility index (Phi) is 5.06. The average Bonchev–Trinajstić information content (AvgIpc) is 2.42. The Balaban J connectivity index is 3.25. The zero-order valence-electron chi connectivity index (χ0n) is 8.97. The standard InChI is InChI=1S/C10H16Br2GeSe/c1-7(2)13(8(3)4)9(12)6-14-10(13)5-11/h5-8H,1-4H3/b10-5-. The predicted molar refractivity (Wildman–Crippen MR) is 75.7 cm³/mol. The molecule has 4 heteroatoms. The van der Waals surface area contributed by atoms with E-state index in [9.17, 15) is 0 Å². The van der Waals surface area contributed by atoms with E-state index in [2.05, 4.69) is 69.5 Å². The SMILES string of the molecule is C[CH](C)[Ge]1([CH](C)C)[C](Br)=C[Se]/[C]1=C\Br. The summed E-state index contributed by atoms with van der Waals surface area (Å²) in [5.74, 6) is 0. The Morgan fingerprint density at radius 3 is 2.07 bits per heavy atom. The molecule has 14 heavy (non-hydrogen) atoms. The molecule has 1 aliphatic heterocycles. The van der Waals surface area contributed by atoms with Crippen LogP contribution in [0, 0.1) is 0 Å². The van der Waals surface area contributed by atoms with Crippen molar-refractivity contribution in [3.63, 3.8) is 0 Å². The molecule has 0 aromatic heterocycles. The summed E-state index contributed by atoms with van der Waals surface area (Å²) in [6.45, 7) is 9.58. The molecule has 0 radical (unpaired) electrons. The quantitative estimate of drug-likeness (QED) is 0.546.